The molecule has 1 unspecified atom stereocenters. The molecule has 0 radical (unpaired) electrons. The zero-order valence-corrected chi connectivity index (χ0v) is 11.0. The lowest BCUT2D eigenvalue weighted by atomic mass is 9.85. The quantitative estimate of drug-likeness (QED) is 0.858. The third kappa shape index (κ3) is 3.03. The van der Waals surface area contributed by atoms with Gasteiger partial charge in [-0.2, -0.15) is 0 Å². The van der Waals surface area contributed by atoms with Crippen molar-refractivity contribution < 1.29 is 0 Å². The fourth-order valence-corrected chi connectivity index (χ4v) is 2.83. The number of hydrogen-bond acceptors (Lipinski definition) is 4. The van der Waals surface area contributed by atoms with Crippen LogP contribution in [0.1, 0.15) is 42.9 Å². The number of nitrogens with zero attached hydrogens (tertiary/aromatic N) is 2. The van der Waals surface area contributed by atoms with Crippen LogP contribution in [0.25, 0.3) is 0 Å². The van der Waals surface area contributed by atoms with Gasteiger partial charge in [-0.05, 0) is 32.7 Å². The summed E-state index contributed by atoms with van der Waals surface area (Å²) in [4.78, 5) is 6.93. The number of thiazole rings is 1. The van der Waals surface area contributed by atoms with Gasteiger partial charge in [0.15, 0.2) is 0 Å². The topological polar surface area (TPSA) is 42.1 Å². The highest BCUT2D eigenvalue weighted by Gasteiger charge is 2.19. The Balaban J connectivity index is 1.82. The average Bonchev–Trinajstić information content (AvgIpc) is 2.60. The monoisotopic (exact) mass is 239 g/mol. The van der Waals surface area contributed by atoms with E-state index in [1.807, 2.05) is 6.92 Å². The van der Waals surface area contributed by atoms with Crippen molar-refractivity contribution in [1.29, 1.82) is 0 Å². The van der Waals surface area contributed by atoms with Crippen LogP contribution >= 0.6 is 11.3 Å². The van der Waals surface area contributed by atoms with Crippen molar-refractivity contribution in [2.75, 3.05) is 13.6 Å². The molecular weight excluding hydrogens is 218 g/mol. The van der Waals surface area contributed by atoms with Crippen molar-refractivity contribution in [1.82, 2.24) is 9.88 Å². The van der Waals surface area contributed by atoms with Gasteiger partial charge in [0.2, 0.25) is 0 Å². The van der Waals surface area contributed by atoms with E-state index in [-0.39, 0.29) is 6.04 Å². The normalized spacial score (nSPS) is 18.8. The van der Waals surface area contributed by atoms with Gasteiger partial charge in [-0.15, -0.1) is 11.3 Å². The Bertz CT molecular complexity index is 331. The van der Waals surface area contributed by atoms with E-state index in [1.54, 1.807) is 11.3 Å². The first kappa shape index (κ1) is 12.0. The molecule has 0 amide bonds. The third-order valence-corrected chi connectivity index (χ3v) is 4.28. The van der Waals surface area contributed by atoms with E-state index in [0.29, 0.717) is 0 Å². The first-order valence-electron chi connectivity index (χ1n) is 6.03. The van der Waals surface area contributed by atoms with Gasteiger partial charge in [0.25, 0.3) is 0 Å². The lowest BCUT2D eigenvalue weighted by molar-refractivity contribution is 0.199. The van der Waals surface area contributed by atoms with Crippen LogP contribution in [0.4, 0.5) is 0 Å². The van der Waals surface area contributed by atoms with Crippen molar-refractivity contribution >= 4 is 11.3 Å². The smallest absolute Gasteiger partial charge is 0.109 e. The summed E-state index contributed by atoms with van der Waals surface area (Å²) in [7, 11) is 2.18. The summed E-state index contributed by atoms with van der Waals surface area (Å²) in [6, 6.07) is 0.0655. The molecule has 90 valence electrons. The minimum atomic E-state index is 0.0655. The molecule has 1 atom stereocenters. The van der Waals surface area contributed by atoms with Gasteiger partial charge >= 0.3 is 0 Å². The van der Waals surface area contributed by atoms with E-state index >= 15 is 0 Å². The largest absolute Gasteiger partial charge is 0.322 e. The third-order valence-electron chi connectivity index (χ3n) is 3.19. The molecule has 1 saturated carbocycles. The van der Waals surface area contributed by atoms with E-state index in [9.17, 15) is 0 Å². The van der Waals surface area contributed by atoms with Gasteiger partial charge in [-0.25, -0.2) is 4.98 Å². The number of hydrogen-bond donors (Lipinski definition) is 1. The summed E-state index contributed by atoms with van der Waals surface area (Å²) in [5.74, 6) is 0.927. The first-order chi connectivity index (χ1) is 7.65. The van der Waals surface area contributed by atoms with Crippen LogP contribution < -0.4 is 5.73 Å². The highest BCUT2D eigenvalue weighted by Crippen LogP contribution is 2.27. The summed E-state index contributed by atoms with van der Waals surface area (Å²) in [6.07, 6.45) is 4.24. The van der Waals surface area contributed by atoms with E-state index < -0.39 is 0 Å². The molecule has 0 bridgehead atoms. The van der Waals surface area contributed by atoms with E-state index in [2.05, 4.69) is 22.3 Å². The zero-order chi connectivity index (χ0) is 11.5. The molecule has 0 aromatic carbocycles. The van der Waals surface area contributed by atoms with Gasteiger partial charge in [0.05, 0.1) is 11.7 Å². The highest BCUT2D eigenvalue weighted by molar-refractivity contribution is 7.09. The first-order valence-corrected chi connectivity index (χ1v) is 6.91. The average molecular weight is 239 g/mol. The second-order valence-corrected chi connectivity index (χ2v) is 5.85. The molecule has 1 heterocycles. The molecule has 0 spiro atoms. The predicted molar refractivity (Wildman–Crippen MR) is 68.4 cm³/mol. The predicted octanol–water partition coefficient (Wildman–Crippen LogP) is 2.39. The molecule has 0 aliphatic heterocycles. The summed E-state index contributed by atoms with van der Waals surface area (Å²) in [5, 5.41) is 3.18. The van der Waals surface area contributed by atoms with Crippen molar-refractivity contribution in [3.63, 3.8) is 0 Å². The minimum Gasteiger partial charge on any atom is -0.322 e. The van der Waals surface area contributed by atoms with Crippen molar-refractivity contribution in [2.24, 2.45) is 11.7 Å². The molecular formula is C12H21N3S. The van der Waals surface area contributed by atoms with E-state index in [1.165, 1.54) is 31.5 Å². The summed E-state index contributed by atoms with van der Waals surface area (Å²) in [6.45, 7) is 4.16. The van der Waals surface area contributed by atoms with Gasteiger partial charge in [0, 0.05) is 18.5 Å². The second kappa shape index (κ2) is 5.25. The van der Waals surface area contributed by atoms with Crippen molar-refractivity contribution in [2.45, 2.75) is 38.8 Å². The van der Waals surface area contributed by atoms with Crippen LogP contribution in [0.2, 0.25) is 0 Å². The number of nitrogens with two attached hydrogens (primary N) is 1. The maximum Gasteiger partial charge on any atom is 0.109 e. The second-order valence-electron chi connectivity index (χ2n) is 4.96. The number of rotatable bonds is 5. The Hall–Kier alpha value is -0.450. The Labute approximate surface area is 102 Å². The van der Waals surface area contributed by atoms with Crippen LogP contribution in [-0.4, -0.2) is 23.5 Å². The molecule has 1 aromatic heterocycles. The molecule has 1 aromatic rings. The van der Waals surface area contributed by atoms with Crippen LogP contribution in [-0.2, 0) is 6.54 Å². The minimum absolute atomic E-state index is 0.0655. The molecule has 2 rings (SSSR count). The maximum absolute atomic E-state index is 5.80. The lowest BCUT2D eigenvalue weighted by Gasteiger charge is -2.29. The molecule has 0 saturated heterocycles. The fourth-order valence-electron chi connectivity index (χ4n) is 2.06. The Kier molecular flexibility index (Phi) is 3.95. The van der Waals surface area contributed by atoms with Gasteiger partial charge in [0.1, 0.15) is 5.01 Å². The molecule has 3 nitrogen and oxygen atoms in total. The SMILES string of the molecule is CC(N)c1nc(CN(C)CC2CCC2)cs1. The molecule has 1 fully saturated rings. The number of aromatic nitrogens is 1. The van der Waals surface area contributed by atoms with Crippen LogP contribution in [0.5, 0.6) is 0 Å². The molecule has 4 heteroatoms. The van der Waals surface area contributed by atoms with Crippen LogP contribution in [0.15, 0.2) is 5.38 Å². The van der Waals surface area contributed by atoms with Gasteiger partial charge in [-0.3, -0.25) is 0 Å². The highest BCUT2D eigenvalue weighted by atomic mass is 32.1. The van der Waals surface area contributed by atoms with Crippen LogP contribution in [0.3, 0.4) is 0 Å². The van der Waals surface area contributed by atoms with E-state index in [4.69, 9.17) is 5.73 Å². The van der Waals surface area contributed by atoms with E-state index in [0.717, 1.165) is 17.5 Å². The Morgan fingerprint density at radius 1 is 1.62 bits per heavy atom. The lowest BCUT2D eigenvalue weighted by Crippen LogP contribution is -2.29. The molecule has 2 N–H and O–H groups in total. The standard InChI is InChI=1S/C12H21N3S/c1-9(13)12-14-11(8-16-12)7-15(2)6-10-4-3-5-10/h8-10H,3-7,13H2,1-2H3. The molecule has 16 heavy (non-hydrogen) atoms. The maximum atomic E-state index is 5.80. The van der Waals surface area contributed by atoms with Crippen molar-refractivity contribution in [3.05, 3.63) is 16.1 Å². The molecule has 1 aliphatic rings. The Morgan fingerprint density at radius 3 is 2.88 bits per heavy atom. The Morgan fingerprint density at radius 2 is 2.38 bits per heavy atom. The summed E-state index contributed by atoms with van der Waals surface area (Å²) >= 11 is 1.68. The fraction of sp³-hybridized carbons (Fsp3) is 0.750. The summed E-state index contributed by atoms with van der Waals surface area (Å²) in [5.41, 5.74) is 6.97. The van der Waals surface area contributed by atoms with Gasteiger partial charge < -0.3 is 10.6 Å². The van der Waals surface area contributed by atoms with Crippen LogP contribution in [0, 0.1) is 5.92 Å². The zero-order valence-electron chi connectivity index (χ0n) is 10.1. The summed E-state index contributed by atoms with van der Waals surface area (Å²) < 4.78 is 0. The molecule has 1 aliphatic carbocycles. The van der Waals surface area contributed by atoms with Gasteiger partial charge in [-0.1, -0.05) is 6.42 Å². The van der Waals surface area contributed by atoms with Crippen molar-refractivity contribution in [3.8, 4) is 0 Å².